The molecule has 5 heterocycles. The van der Waals surface area contributed by atoms with Crippen molar-refractivity contribution >= 4 is 50.1 Å². The van der Waals surface area contributed by atoms with Gasteiger partial charge in [0, 0.05) is 29.9 Å². The summed E-state index contributed by atoms with van der Waals surface area (Å²) in [5.41, 5.74) is 4.90. The number of nitrogen functional groups attached to an aromatic ring is 1. The van der Waals surface area contributed by atoms with Gasteiger partial charge in [-0.2, -0.15) is 18.1 Å². The number of carbonyl (C=O) groups excluding carboxylic acids is 1. The van der Waals surface area contributed by atoms with Crippen LogP contribution in [-0.4, -0.2) is 59.0 Å². The molecule has 1 aliphatic heterocycles. The lowest BCUT2D eigenvalue weighted by Crippen LogP contribution is -2.50. The van der Waals surface area contributed by atoms with Crippen LogP contribution in [0.5, 0.6) is 0 Å². The van der Waals surface area contributed by atoms with E-state index in [9.17, 15) is 28.3 Å². The molecule has 16 heteroatoms. The minimum Gasteiger partial charge on any atom is -0.382 e. The Hall–Kier alpha value is -4.54. The predicted octanol–water partition coefficient (Wildman–Crippen LogP) is 1.32. The molecule has 2 atom stereocenters. The van der Waals surface area contributed by atoms with Gasteiger partial charge >= 0.3 is 6.55 Å². The molecular formula is C23H18F2N8O5S. The Balaban J connectivity index is 1.29. The number of nitrogens with two attached hydrogens (primary N) is 1. The highest BCUT2D eigenvalue weighted by atomic mass is 32.1. The molecule has 200 valence electrons. The van der Waals surface area contributed by atoms with Crippen LogP contribution in [0.25, 0.3) is 26.7 Å². The first-order valence-corrected chi connectivity index (χ1v) is 12.3. The van der Waals surface area contributed by atoms with Gasteiger partial charge in [-0.25, -0.2) is 4.68 Å². The first-order valence-electron chi connectivity index (χ1n) is 11.5. The van der Waals surface area contributed by atoms with E-state index in [0.29, 0.717) is 21.4 Å². The molecule has 0 aliphatic carbocycles. The van der Waals surface area contributed by atoms with E-state index in [0.717, 1.165) is 23.8 Å². The molecule has 39 heavy (non-hydrogen) atoms. The van der Waals surface area contributed by atoms with Crippen molar-refractivity contribution < 1.29 is 23.4 Å². The SMILES string of the molecule is Nc1nsc2c1ccc1[nH]c([C@H](O)[C@H]3OCCN(c4ccn(-c5ccc(=O)n(C(F)F)c5)n4)C3=O)nc(=O)c12. The molecule has 6 rings (SSSR count). The number of anilines is 2. The molecule has 4 N–H and O–H groups in total. The summed E-state index contributed by atoms with van der Waals surface area (Å²) in [6.07, 6.45) is -0.633. The number of morpholine rings is 1. The standard InChI is InChI=1S/C23H18F2N8O5S/c24-23(25)32-9-10(1-4-14(32)34)33-6-5-13(29-33)31-7-8-38-17(22(31)37)16(35)20-27-12-3-2-11-18(39-30-19(11)26)15(12)21(36)28-20/h1-6,9,16-17,23,35H,7-8H2,(H2,26,30)(H,27,28,36)/t16-,17-/m1/s1. The summed E-state index contributed by atoms with van der Waals surface area (Å²) >= 11 is 1.06. The molecule has 13 nitrogen and oxygen atoms in total. The van der Waals surface area contributed by atoms with Crippen LogP contribution in [0.1, 0.15) is 18.5 Å². The molecule has 1 amide bonds. The van der Waals surface area contributed by atoms with Crippen molar-refractivity contribution in [3.8, 4) is 5.69 Å². The number of carbonyl (C=O) groups is 1. The maximum Gasteiger partial charge on any atom is 0.321 e. The number of fused-ring (bicyclic) bond motifs is 3. The summed E-state index contributed by atoms with van der Waals surface area (Å²) in [4.78, 5) is 46.0. The third kappa shape index (κ3) is 4.14. The van der Waals surface area contributed by atoms with Gasteiger partial charge in [-0.3, -0.25) is 23.9 Å². The van der Waals surface area contributed by atoms with Crippen LogP contribution >= 0.6 is 11.5 Å². The molecule has 0 radical (unpaired) electrons. The highest BCUT2D eigenvalue weighted by Gasteiger charge is 2.39. The summed E-state index contributed by atoms with van der Waals surface area (Å²) in [7, 11) is 0. The molecule has 0 saturated carbocycles. The van der Waals surface area contributed by atoms with Crippen LogP contribution in [0.3, 0.4) is 0 Å². The summed E-state index contributed by atoms with van der Waals surface area (Å²) in [6.45, 7) is -2.89. The maximum atomic E-state index is 13.3. The predicted molar refractivity (Wildman–Crippen MR) is 136 cm³/mol. The van der Waals surface area contributed by atoms with Gasteiger partial charge in [-0.15, -0.1) is 5.10 Å². The number of pyridine rings is 1. The maximum absolute atomic E-state index is 13.3. The Morgan fingerprint density at radius 3 is 2.79 bits per heavy atom. The second-order valence-electron chi connectivity index (χ2n) is 8.61. The highest BCUT2D eigenvalue weighted by Crippen LogP contribution is 2.30. The number of hydrogen-bond acceptors (Lipinski definition) is 10. The topological polar surface area (TPSA) is 174 Å². The quantitative estimate of drug-likeness (QED) is 0.288. The third-order valence-corrected chi connectivity index (χ3v) is 7.20. The number of nitrogens with zero attached hydrogens (tertiary/aromatic N) is 6. The highest BCUT2D eigenvalue weighted by molar-refractivity contribution is 7.14. The number of aliphatic hydroxyl groups excluding tert-OH is 1. The Morgan fingerprint density at radius 2 is 2.00 bits per heavy atom. The van der Waals surface area contributed by atoms with Gasteiger partial charge in [-0.05, 0) is 29.7 Å². The van der Waals surface area contributed by atoms with Gasteiger partial charge in [0.2, 0.25) is 0 Å². The van der Waals surface area contributed by atoms with Gasteiger partial charge in [0.25, 0.3) is 17.0 Å². The smallest absolute Gasteiger partial charge is 0.321 e. The van der Waals surface area contributed by atoms with Crippen molar-refractivity contribution in [1.82, 2.24) is 28.7 Å². The number of alkyl halides is 2. The number of aliphatic hydroxyl groups is 1. The molecule has 1 aliphatic rings. The Bertz CT molecular complexity index is 1860. The van der Waals surface area contributed by atoms with Gasteiger partial charge in [0.05, 0.1) is 34.4 Å². The fourth-order valence-corrected chi connectivity index (χ4v) is 5.24. The monoisotopic (exact) mass is 556 g/mol. The van der Waals surface area contributed by atoms with Crippen LogP contribution in [0, 0.1) is 0 Å². The molecule has 0 bridgehead atoms. The van der Waals surface area contributed by atoms with Crippen molar-refractivity contribution in [3.63, 3.8) is 0 Å². The molecule has 0 spiro atoms. The van der Waals surface area contributed by atoms with Crippen molar-refractivity contribution in [2.24, 2.45) is 0 Å². The van der Waals surface area contributed by atoms with Crippen LogP contribution in [0.2, 0.25) is 0 Å². The van der Waals surface area contributed by atoms with Crippen LogP contribution in [0.15, 0.2) is 52.3 Å². The number of rotatable bonds is 5. The Labute approximate surface area is 219 Å². The zero-order valence-corrected chi connectivity index (χ0v) is 20.5. The summed E-state index contributed by atoms with van der Waals surface area (Å²) in [5, 5.41) is 16.2. The lowest BCUT2D eigenvalue weighted by Gasteiger charge is -2.32. The largest absolute Gasteiger partial charge is 0.382 e. The first-order chi connectivity index (χ1) is 18.7. The van der Waals surface area contributed by atoms with Gasteiger partial charge in [0.1, 0.15) is 17.7 Å². The van der Waals surface area contributed by atoms with Crippen molar-refractivity contribution in [2.75, 3.05) is 23.8 Å². The Morgan fingerprint density at radius 1 is 1.18 bits per heavy atom. The number of amides is 1. The van der Waals surface area contributed by atoms with E-state index < -0.39 is 35.8 Å². The van der Waals surface area contributed by atoms with Gasteiger partial charge < -0.3 is 20.6 Å². The summed E-state index contributed by atoms with van der Waals surface area (Å²) in [6, 6.07) is 7.09. The number of aromatic amines is 1. The van der Waals surface area contributed by atoms with Crippen LogP contribution in [0.4, 0.5) is 20.4 Å². The van der Waals surface area contributed by atoms with Crippen LogP contribution < -0.4 is 21.8 Å². The molecule has 0 unspecified atom stereocenters. The minimum absolute atomic E-state index is 0.0369. The van der Waals surface area contributed by atoms with E-state index in [2.05, 4.69) is 19.4 Å². The number of aromatic nitrogens is 6. The second-order valence-corrected chi connectivity index (χ2v) is 9.39. The number of ether oxygens (including phenoxy) is 1. The lowest BCUT2D eigenvalue weighted by atomic mass is 10.1. The van der Waals surface area contributed by atoms with E-state index in [1.165, 1.54) is 27.9 Å². The van der Waals surface area contributed by atoms with Gasteiger partial charge in [0.15, 0.2) is 11.9 Å². The number of hydrogen-bond donors (Lipinski definition) is 3. The van der Waals surface area contributed by atoms with E-state index in [-0.39, 0.29) is 40.4 Å². The number of nitrogens with one attached hydrogen (secondary N) is 1. The second kappa shape index (κ2) is 9.33. The molecule has 4 aromatic heterocycles. The average molecular weight is 557 g/mol. The number of benzene rings is 1. The lowest BCUT2D eigenvalue weighted by molar-refractivity contribution is -0.143. The molecule has 5 aromatic rings. The average Bonchev–Trinajstić information content (AvgIpc) is 3.55. The fourth-order valence-electron chi connectivity index (χ4n) is 4.40. The molecule has 1 saturated heterocycles. The van der Waals surface area contributed by atoms with Crippen molar-refractivity contribution in [1.29, 1.82) is 0 Å². The zero-order chi connectivity index (χ0) is 27.4. The first kappa shape index (κ1) is 24.8. The zero-order valence-electron chi connectivity index (χ0n) is 19.7. The van der Waals surface area contributed by atoms with E-state index in [1.807, 2.05) is 0 Å². The number of H-pyrrole nitrogens is 1. The van der Waals surface area contributed by atoms with Crippen LogP contribution in [-0.2, 0) is 9.53 Å². The summed E-state index contributed by atoms with van der Waals surface area (Å²) in [5.74, 6) is -0.352. The third-order valence-electron chi connectivity index (χ3n) is 6.31. The van der Waals surface area contributed by atoms with Crippen molar-refractivity contribution in [3.05, 3.63) is 69.3 Å². The van der Waals surface area contributed by atoms with E-state index >= 15 is 0 Å². The van der Waals surface area contributed by atoms with E-state index in [4.69, 9.17) is 10.5 Å². The minimum atomic E-state index is -3.03. The van der Waals surface area contributed by atoms with Crippen molar-refractivity contribution in [2.45, 2.75) is 18.8 Å². The summed E-state index contributed by atoms with van der Waals surface area (Å²) < 4.78 is 37.9. The van der Waals surface area contributed by atoms with E-state index in [1.54, 1.807) is 12.1 Å². The normalized spacial score (nSPS) is 17.0. The molecule has 1 aromatic carbocycles. The molecular weight excluding hydrogens is 538 g/mol. The molecule has 1 fully saturated rings. The number of halogens is 2. The van der Waals surface area contributed by atoms with Gasteiger partial charge in [-0.1, -0.05) is 0 Å². The Kier molecular flexibility index (Phi) is 5.93. The fraction of sp³-hybridized carbons (Fsp3) is 0.217.